The Balaban J connectivity index is 2.57. The number of carbonyl (C=O) groups excluding carboxylic acids is 1. The molecule has 1 unspecified atom stereocenters. The molecule has 0 spiro atoms. The van der Waals surface area contributed by atoms with Gasteiger partial charge in [0.05, 0.1) is 17.0 Å². The second-order valence-electron chi connectivity index (χ2n) is 4.65. The highest BCUT2D eigenvalue weighted by molar-refractivity contribution is 7.91. The number of amides is 1. The Morgan fingerprint density at radius 2 is 2.07 bits per heavy atom. The number of nitrogens with two attached hydrogens (primary N) is 1. The fourth-order valence-electron chi connectivity index (χ4n) is 1.51. The summed E-state index contributed by atoms with van der Waals surface area (Å²) in [5.41, 5.74) is 4.65. The van der Waals surface area contributed by atoms with Crippen molar-refractivity contribution in [2.45, 2.75) is 38.3 Å². The lowest BCUT2D eigenvalue weighted by molar-refractivity contribution is -0.125. The molecule has 0 bridgehead atoms. The van der Waals surface area contributed by atoms with Crippen LogP contribution in [0.3, 0.4) is 0 Å². The number of carbonyl (C=O) groups is 1. The zero-order chi connectivity index (χ0) is 11.7. The van der Waals surface area contributed by atoms with E-state index in [9.17, 15) is 13.2 Å². The Morgan fingerprint density at radius 1 is 1.47 bits per heavy atom. The van der Waals surface area contributed by atoms with Gasteiger partial charge >= 0.3 is 0 Å². The lowest BCUT2D eigenvalue weighted by Crippen LogP contribution is -2.54. The van der Waals surface area contributed by atoms with E-state index in [2.05, 4.69) is 5.32 Å². The summed E-state index contributed by atoms with van der Waals surface area (Å²) < 4.78 is 22.6. The summed E-state index contributed by atoms with van der Waals surface area (Å²) in [4.78, 5) is 11.5. The predicted octanol–water partition coefficient (Wildman–Crippen LogP) is -0.583. The van der Waals surface area contributed by atoms with Gasteiger partial charge in [-0.25, -0.2) is 8.42 Å². The van der Waals surface area contributed by atoms with Gasteiger partial charge in [-0.3, -0.25) is 4.79 Å². The summed E-state index contributed by atoms with van der Waals surface area (Å²) in [5.74, 6) is -0.0372. The maximum absolute atomic E-state index is 11.5. The second kappa shape index (κ2) is 4.09. The molecule has 1 saturated heterocycles. The summed E-state index contributed by atoms with van der Waals surface area (Å²) in [6.45, 7) is 3.19. The van der Waals surface area contributed by atoms with Crippen LogP contribution in [0.5, 0.6) is 0 Å². The molecule has 1 atom stereocenters. The van der Waals surface area contributed by atoms with Crippen molar-refractivity contribution >= 4 is 15.7 Å². The smallest absolute Gasteiger partial charge is 0.239 e. The van der Waals surface area contributed by atoms with Gasteiger partial charge in [-0.05, 0) is 26.7 Å². The van der Waals surface area contributed by atoms with Crippen molar-refractivity contribution in [1.29, 1.82) is 0 Å². The number of hydrogen-bond donors (Lipinski definition) is 2. The molecule has 0 aromatic carbocycles. The Hall–Kier alpha value is -0.620. The van der Waals surface area contributed by atoms with Gasteiger partial charge < -0.3 is 11.1 Å². The molecule has 1 aliphatic heterocycles. The monoisotopic (exact) mass is 234 g/mol. The summed E-state index contributed by atoms with van der Waals surface area (Å²) in [6, 6.07) is -0.279. The predicted molar refractivity (Wildman–Crippen MR) is 58.1 cm³/mol. The Kier molecular flexibility index (Phi) is 3.40. The van der Waals surface area contributed by atoms with Crippen molar-refractivity contribution in [3.8, 4) is 0 Å². The van der Waals surface area contributed by atoms with Crippen LogP contribution in [0.1, 0.15) is 26.7 Å². The van der Waals surface area contributed by atoms with Crippen LogP contribution < -0.4 is 11.1 Å². The van der Waals surface area contributed by atoms with E-state index in [4.69, 9.17) is 5.73 Å². The van der Waals surface area contributed by atoms with E-state index < -0.39 is 15.4 Å². The number of sulfone groups is 1. The normalized spacial score (nSPS) is 25.9. The molecular weight excluding hydrogens is 216 g/mol. The maximum atomic E-state index is 11.5. The summed E-state index contributed by atoms with van der Waals surface area (Å²) >= 11 is 0. The van der Waals surface area contributed by atoms with Crippen LogP contribution >= 0.6 is 0 Å². The van der Waals surface area contributed by atoms with Gasteiger partial charge in [0.15, 0.2) is 9.84 Å². The van der Waals surface area contributed by atoms with Gasteiger partial charge in [0.25, 0.3) is 0 Å². The van der Waals surface area contributed by atoms with E-state index in [-0.39, 0.29) is 23.5 Å². The van der Waals surface area contributed by atoms with Crippen LogP contribution in [-0.4, -0.2) is 37.4 Å². The van der Waals surface area contributed by atoms with Crippen molar-refractivity contribution in [1.82, 2.24) is 5.32 Å². The van der Waals surface area contributed by atoms with Gasteiger partial charge in [-0.1, -0.05) is 0 Å². The van der Waals surface area contributed by atoms with E-state index in [0.29, 0.717) is 12.8 Å². The van der Waals surface area contributed by atoms with Crippen LogP contribution in [0.2, 0.25) is 0 Å². The fraction of sp³-hybridized carbons (Fsp3) is 0.889. The van der Waals surface area contributed by atoms with Crippen LogP contribution in [0, 0.1) is 0 Å². The summed E-state index contributed by atoms with van der Waals surface area (Å²) in [6.07, 6.45) is 1.32. The molecule has 0 aromatic rings. The molecule has 0 aliphatic carbocycles. The summed E-state index contributed by atoms with van der Waals surface area (Å²) in [7, 11) is -2.98. The Bertz CT molecular complexity index is 343. The molecule has 1 amide bonds. The fourth-order valence-corrected chi connectivity index (χ4v) is 3.14. The van der Waals surface area contributed by atoms with Crippen molar-refractivity contribution in [2.24, 2.45) is 5.73 Å². The number of hydrogen-bond acceptors (Lipinski definition) is 4. The zero-order valence-electron chi connectivity index (χ0n) is 9.12. The van der Waals surface area contributed by atoms with E-state index in [1.165, 1.54) is 0 Å². The van der Waals surface area contributed by atoms with Crippen LogP contribution in [0.25, 0.3) is 0 Å². The van der Waals surface area contributed by atoms with Gasteiger partial charge in [0.1, 0.15) is 0 Å². The van der Waals surface area contributed by atoms with Gasteiger partial charge in [0.2, 0.25) is 5.91 Å². The van der Waals surface area contributed by atoms with E-state index in [1.54, 1.807) is 13.8 Å². The van der Waals surface area contributed by atoms with Crippen molar-refractivity contribution in [3.05, 3.63) is 0 Å². The average Bonchev–Trinajstić information content (AvgIpc) is 2.00. The molecule has 3 N–H and O–H groups in total. The van der Waals surface area contributed by atoms with Crippen LogP contribution in [0.4, 0.5) is 0 Å². The van der Waals surface area contributed by atoms with Crippen molar-refractivity contribution in [2.75, 3.05) is 11.5 Å². The van der Waals surface area contributed by atoms with Crippen LogP contribution in [-0.2, 0) is 14.6 Å². The minimum atomic E-state index is -2.98. The van der Waals surface area contributed by atoms with Crippen LogP contribution in [0.15, 0.2) is 0 Å². The van der Waals surface area contributed by atoms with Crippen molar-refractivity contribution < 1.29 is 13.2 Å². The Labute approximate surface area is 90.3 Å². The molecule has 6 heteroatoms. The molecule has 1 rings (SSSR count). The molecule has 15 heavy (non-hydrogen) atoms. The minimum Gasteiger partial charge on any atom is -0.351 e. The molecule has 0 saturated carbocycles. The topological polar surface area (TPSA) is 89.3 Å². The minimum absolute atomic E-state index is 0.0365. The Morgan fingerprint density at radius 3 is 2.53 bits per heavy atom. The zero-order valence-corrected chi connectivity index (χ0v) is 9.93. The van der Waals surface area contributed by atoms with Gasteiger partial charge in [-0.2, -0.15) is 0 Å². The van der Waals surface area contributed by atoms with Gasteiger partial charge in [-0.15, -0.1) is 0 Å². The third-order valence-electron chi connectivity index (χ3n) is 2.38. The third kappa shape index (κ3) is 3.79. The highest BCUT2D eigenvalue weighted by Gasteiger charge is 2.29. The highest BCUT2D eigenvalue weighted by atomic mass is 32.2. The van der Waals surface area contributed by atoms with E-state index in [1.807, 2.05) is 0 Å². The van der Waals surface area contributed by atoms with E-state index in [0.717, 1.165) is 0 Å². The SMILES string of the molecule is CC(C)(N)C(=O)NC1CCCS(=O)(=O)C1. The first-order valence-corrected chi connectivity index (χ1v) is 6.83. The molecule has 5 nitrogen and oxygen atoms in total. The maximum Gasteiger partial charge on any atom is 0.239 e. The average molecular weight is 234 g/mol. The quantitative estimate of drug-likeness (QED) is 0.669. The molecule has 1 heterocycles. The molecule has 1 aliphatic rings. The second-order valence-corrected chi connectivity index (χ2v) is 6.88. The molecule has 88 valence electrons. The first kappa shape index (κ1) is 12.4. The summed E-state index contributed by atoms with van der Waals surface area (Å²) in [5, 5.41) is 2.67. The van der Waals surface area contributed by atoms with Crippen molar-refractivity contribution in [3.63, 3.8) is 0 Å². The molecule has 1 fully saturated rings. The number of rotatable bonds is 2. The molecule has 0 aromatic heterocycles. The third-order valence-corrected chi connectivity index (χ3v) is 4.20. The molecule has 0 radical (unpaired) electrons. The first-order valence-electron chi connectivity index (χ1n) is 5.01. The highest BCUT2D eigenvalue weighted by Crippen LogP contribution is 2.12. The lowest BCUT2D eigenvalue weighted by Gasteiger charge is -2.26. The molecular formula is C9H18N2O3S. The largest absolute Gasteiger partial charge is 0.351 e. The van der Waals surface area contributed by atoms with Gasteiger partial charge in [0, 0.05) is 6.04 Å². The standard InChI is InChI=1S/C9H18N2O3S/c1-9(2,10)8(12)11-7-4-3-5-15(13,14)6-7/h7H,3-6,10H2,1-2H3,(H,11,12). The number of nitrogens with one attached hydrogen (secondary N) is 1. The lowest BCUT2D eigenvalue weighted by atomic mass is 10.1. The van der Waals surface area contributed by atoms with E-state index >= 15 is 0 Å². The first-order chi connectivity index (χ1) is 6.71.